The number of benzene rings is 2. The van der Waals surface area contributed by atoms with Crippen LogP contribution >= 0.6 is 0 Å². The number of anilines is 2. The first-order valence-electron chi connectivity index (χ1n) is 10.2. The Morgan fingerprint density at radius 1 is 1.19 bits per heavy atom. The van der Waals surface area contributed by atoms with Crippen molar-refractivity contribution >= 4 is 33.2 Å². The summed E-state index contributed by atoms with van der Waals surface area (Å²) >= 11 is 0. The predicted octanol–water partition coefficient (Wildman–Crippen LogP) is 2.81. The Morgan fingerprint density at radius 3 is 2.71 bits per heavy atom. The normalized spacial score (nSPS) is 21.2. The SMILES string of the molecule is Cc1ccc(NC(=O)[C@@H]2CCCN2S(=O)(=O)c2ccc3c(c2)NC(=O)[C@H](C)O3)c(C)c1. The molecule has 2 aromatic rings. The van der Waals surface area contributed by atoms with E-state index in [9.17, 15) is 18.0 Å². The number of nitrogens with zero attached hydrogens (tertiary/aromatic N) is 1. The van der Waals surface area contributed by atoms with Gasteiger partial charge in [0.15, 0.2) is 6.10 Å². The van der Waals surface area contributed by atoms with Crippen molar-refractivity contribution < 1.29 is 22.7 Å². The molecule has 9 heteroatoms. The van der Waals surface area contributed by atoms with Crippen LogP contribution < -0.4 is 15.4 Å². The largest absolute Gasteiger partial charge is 0.479 e. The number of nitrogens with one attached hydrogen (secondary N) is 2. The van der Waals surface area contributed by atoms with Crippen molar-refractivity contribution in [3.8, 4) is 5.75 Å². The number of hydrogen-bond donors (Lipinski definition) is 2. The van der Waals surface area contributed by atoms with E-state index in [4.69, 9.17) is 4.74 Å². The zero-order chi connectivity index (χ0) is 22.3. The topological polar surface area (TPSA) is 105 Å². The van der Waals surface area contributed by atoms with Crippen molar-refractivity contribution in [3.63, 3.8) is 0 Å². The Bertz CT molecular complexity index is 1160. The number of hydrogen-bond acceptors (Lipinski definition) is 5. The van der Waals surface area contributed by atoms with Crippen molar-refractivity contribution in [1.82, 2.24) is 4.31 Å². The summed E-state index contributed by atoms with van der Waals surface area (Å²) in [5, 5.41) is 5.54. The third-order valence-corrected chi connectivity index (χ3v) is 7.54. The first-order chi connectivity index (χ1) is 14.7. The predicted molar refractivity (Wildman–Crippen MR) is 117 cm³/mol. The Balaban J connectivity index is 1.58. The lowest BCUT2D eigenvalue weighted by molar-refractivity contribution is -0.122. The fourth-order valence-electron chi connectivity index (χ4n) is 3.94. The second-order valence-electron chi connectivity index (χ2n) is 7.99. The summed E-state index contributed by atoms with van der Waals surface area (Å²) in [6.45, 7) is 5.74. The molecule has 0 bridgehead atoms. The molecule has 2 aromatic carbocycles. The molecular weight excluding hydrogens is 418 g/mol. The van der Waals surface area contributed by atoms with Crippen molar-refractivity contribution in [3.05, 3.63) is 47.5 Å². The van der Waals surface area contributed by atoms with Crippen LogP contribution in [-0.2, 0) is 19.6 Å². The molecule has 8 nitrogen and oxygen atoms in total. The monoisotopic (exact) mass is 443 g/mol. The number of carbonyl (C=O) groups excluding carboxylic acids is 2. The molecule has 2 amide bonds. The Hall–Kier alpha value is -2.91. The van der Waals surface area contributed by atoms with Crippen LogP contribution in [0, 0.1) is 13.8 Å². The molecule has 2 heterocycles. The zero-order valence-corrected chi connectivity index (χ0v) is 18.5. The van der Waals surface area contributed by atoms with Gasteiger partial charge in [0, 0.05) is 12.2 Å². The Kier molecular flexibility index (Phi) is 5.49. The van der Waals surface area contributed by atoms with E-state index in [1.165, 1.54) is 22.5 Å². The number of carbonyl (C=O) groups is 2. The summed E-state index contributed by atoms with van der Waals surface area (Å²) in [7, 11) is -3.94. The number of rotatable bonds is 4. The fraction of sp³-hybridized carbons (Fsp3) is 0.364. The van der Waals surface area contributed by atoms with Gasteiger partial charge in [-0.05, 0) is 63.4 Å². The van der Waals surface area contributed by atoms with Gasteiger partial charge in [-0.2, -0.15) is 4.31 Å². The maximum absolute atomic E-state index is 13.3. The highest BCUT2D eigenvalue weighted by Crippen LogP contribution is 2.34. The summed E-state index contributed by atoms with van der Waals surface area (Å²) < 4.78 is 33.4. The molecule has 2 aliphatic heterocycles. The molecule has 164 valence electrons. The first kappa shape index (κ1) is 21.3. The molecule has 1 fully saturated rings. The van der Waals surface area contributed by atoms with E-state index in [0.717, 1.165) is 11.1 Å². The van der Waals surface area contributed by atoms with Gasteiger partial charge in [0.25, 0.3) is 5.91 Å². The summed E-state index contributed by atoms with van der Waals surface area (Å²) in [4.78, 5) is 24.9. The second-order valence-corrected chi connectivity index (χ2v) is 9.88. The van der Waals surface area contributed by atoms with Crippen LogP contribution in [0.5, 0.6) is 5.75 Å². The molecule has 2 aliphatic rings. The minimum atomic E-state index is -3.94. The van der Waals surface area contributed by atoms with Gasteiger partial charge >= 0.3 is 0 Å². The number of amides is 2. The second kappa shape index (κ2) is 7.97. The Labute approximate surface area is 181 Å². The van der Waals surface area contributed by atoms with Crippen molar-refractivity contribution in [2.24, 2.45) is 0 Å². The standard InChI is InChI=1S/C22H25N3O5S/c1-13-6-8-17(14(2)11-13)23-22(27)19-5-4-10-25(19)31(28,29)16-7-9-20-18(12-16)24-21(26)15(3)30-20/h6-9,11-12,15,19H,4-5,10H2,1-3H3,(H,23,27)(H,24,26)/t15-,19-/m0/s1. The lowest BCUT2D eigenvalue weighted by Crippen LogP contribution is -2.43. The van der Waals surface area contributed by atoms with Crippen molar-refractivity contribution in [2.75, 3.05) is 17.2 Å². The number of aryl methyl sites for hydroxylation is 2. The lowest BCUT2D eigenvalue weighted by Gasteiger charge is -2.26. The van der Waals surface area contributed by atoms with Gasteiger partial charge in [0.2, 0.25) is 15.9 Å². The van der Waals surface area contributed by atoms with E-state index in [1.54, 1.807) is 6.92 Å². The van der Waals surface area contributed by atoms with Crippen molar-refractivity contribution in [1.29, 1.82) is 0 Å². The third kappa shape index (κ3) is 4.03. The zero-order valence-electron chi connectivity index (χ0n) is 17.6. The van der Waals surface area contributed by atoms with E-state index in [2.05, 4.69) is 10.6 Å². The lowest BCUT2D eigenvalue weighted by atomic mass is 10.1. The van der Waals surface area contributed by atoms with E-state index in [-0.39, 0.29) is 23.3 Å². The highest BCUT2D eigenvalue weighted by atomic mass is 32.2. The maximum atomic E-state index is 13.3. The Morgan fingerprint density at radius 2 is 1.97 bits per heavy atom. The van der Waals surface area contributed by atoms with Gasteiger partial charge < -0.3 is 15.4 Å². The number of ether oxygens (including phenoxy) is 1. The molecule has 31 heavy (non-hydrogen) atoms. The minimum Gasteiger partial charge on any atom is -0.479 e. The fourth-order valence-corrected chi connectivity index (χ4v) is 5.63. The molecule has 4 rings (SSSR count). The minimum absolute atomic E-state index is 0.0101. The summed E-state index contributed by atoms with van der Waals surface area (Å²) in [5.41, 5.74) is 2.97. The molecule has 0 radical (unpaired) electrons. The number of fused-ring (bicyclic) bond motifs is 1. The molecule has 2 N–H and O–H groups in total. The van der Waals surface area contributed by atoms with Gasteiger partial charge in [-0.25, -0.2) is 8.42 Å². The molecule has 2 atom stereocenters. The summed E-state index contributed by atoms with van der Waals surface area (Å²) in [5.74, 6) is -0.276. The van der Waals surface area contributed by atoms with Gasteiger partial charge in [0.1, 0.15) is 11.8 Å². The quantitative estimate of drug-likeness (QED) is 0.756. The third-order valence-electron chi connectivity index (χ3n) is 5.63. The van der Waals surface area contributed by atoms with Crippen LogP contribution in [0.25, 0.3) is 0 Å². The van der Waals surface area contributed by atoms with Gasteiger partial charge in [-0.3, -0.25) is 9.59 Å². The van der Waals surface area contributed by atoms with Gasteiger partial charge in [-0.1, -0.05) is 17.7 Å². The molecule has 1 saturated heterocycles. The smallest absolute Gasteiger partial charge is 0.265 e. The van der Waals surface area contributed by atoms with E-state index in [0.29, 0.717) is 30.0 Å². The molecule has 0 aromatic heterocycles. The molecule has 0 spiro atoms. The first-order valence-corrected chi connectivity index (χ1v) is 11.6. The van der Waals surface area contributed by atoms with Crippen LogP contribution in [0.1, 0.15) is 30.9 Å². The summed E-state index contributed by atoms with van der Waals surface area (Å²) in [6.07, 6.45) is 0.386. The van der Waals surface area contributed by atoms with Crippen LogP contribution in [0.2, 0.25) is 0 Å². The van der Waals surface area contributed by atoms with Crippen LogP contribution in [-0.4, -0.2) is 43.2 Å². The average Bonchev–Trinajstić information content (AvgIpc) is 3.21. The molecule has 0 aliphatic carbocycles. The van der Waals surface area contributed by atoms with E-state index < -0.39 is 22.2 Å². The van der Waals surface area contributed by atoms with E-state index in [1.807, 2.05) is 32.0 Å². The summed E-state index contributed by atoms with van der Waals surface area (Å²) in [6, 6.07) is 9.23. The van der Waals surface area contributed by atoms with Crippen LogP contribution in [0.15, 0.2) is 41.3 Å². The number of sulfonamides is 1. The molecule has 0 saturated carbocycles. The van der Waals surface area contributed by atoms with Crippen LogP contribution in [0.3, 0.4) is 0 Å². The van der Waals surface area contributed by atoms with Gasteiger partial charge in [0.05, 0.1) is 10.6 Å². The molecular formula is C22H25N3O5S. The highest BCUT2D eigenvalue weighted by molar-refractivity contribution is 7.89. The van der Waals surface area contributed by atoms with Crippen molar-refractivity contribution in [2.45, 2.75) is 50.7 Å². The molecule has 0 unspecified atom stereocenters. The average molecular weight is 444 g/mol. The van der Waals surface area contributed by atoms with Gasteiger partial charge in [-0.15, -0.1) is 0 Å². The maximum Gasteiger partial charge on any atom is 0.265 e. The highest BCUT2D eigenvalue weighted by Gasteiger charge is 2.40. The van der Waals surface area contributed by atoms with Crippen LogP contribution in [0.4, 0.5) is 11.4 Å². The van der Waals surface area contributed by atoms with E-state index >= 15 is 0 Å².